The summed E-state index contributed by atoms with van der Waals surface area (Å²) in [7, 11) is 0. The Hall–Kier alpha value is -3.40. The number of benzene rings is 2. The molecule has 0 aliphatic carbocycles. The summed E-state index contributed by atoms with van der Waals surface area (Å²) in [5.41, 5.74) is 1.93. The van der Waals surface area contributed by atoms with E-state index in [4.69, 9.17) is 9.47 Å². The lowest BCUT2D eigenvalue weighted by Crippen LogP contribution is -2.52. The van der Waals surface area contributed by atoms with Gasteiger partial charge in [-0.3, -0.25) is 4.79 Å². The quantitative estimate of drug-likeness (QED) is 0.604. The average molecular weight is 431 g/mol. The second-order valence-corrected chi connectivity index (χ2v) is 8.53. The third kappa shape index (κ3) is 4.45. The lowest BCUT2D eigenvalue weighted by Gasteiger charge is -2.42. The van der Waals surface area contributed by atoms with Crippen LogP contribution in [0.4, 0.5) is 0 Å². The molecule has 4 rings (SSSR count). The minimum absolute atomic E-state index is 0.222. The van der Waals surface area contributed by atoms with Crippen molar-refractivity contribution in [3.05, 3.63) is 99.5 Å². The number of aliphatic hydroxyl groups excluding tert-OH is 1. The highest BCUT2D eigenvalue weighted by molar-refractivity contribution is 5.46. The predicted octanol–water partition coefficient (Wildman–Crippen LogP) is 3.60. The van der Waals surface area contributed by atoms with E-state index in [-0.39, 0.29) is 5.56 Å². The molecule has 0 fully saturated rings. The highest BCUT2D eigenvalue weighted by Gasteiger charge is 2.44. The van der Waals surface area contributed by atoms with Gasteiger partial charge in [0.05, 0.1) is 30.9 Å². The van der Waals surface area contributed by atoms with Crippen LogP contribution in [0.25, 0.3) is 0 Å². The SMILES string of the molecule is CC1(C)Oc2ccc(C#N)cc2[C@@H](n2ccc(CCOCc3ccccc3)cc2=O)[C@@H]1O. The highest BCUT2D eigenvalue weighted by Crippen LogP contribution is 2.41. The molecule has 0 unspecified atom stereocenters. The monoisotopic (exact) mass is 430 g/mol. The average Bonchev–Trinajstić information content (AvgIpc) is 2.79. The third-order valence-corrected chi connectivity index (χ3v) is 5.80. The Morgan fingerprint density at radius 2 is 1.91 bits per heavy atom. The zero-order valence-corrected chi connectivity index (χ0v) is 18.2. The molecule has 6 nitrogen and oxygen atoms in total. The van der Waals surface area contributed by atoms with Gasteiger partial charge in [0.25, 0.3) is 5.56 Å². The van der Waals surface area contributed by atoms with Crippen molar-refractivity contribution >= 4 is 0 Å². The van der Waals surface area contributed by atoms with Crippen LogP contribution >= 0.6 is 0 Å². The van der Waals surface area contributed by atoms with Gasteiger partial charge < -0.3 is 19.1 Å². The summed E-state index contributed by atoms with van der Waals surface area (Å²) in [4.78, 5) is 13.0. The summed E-state index contributed by atoms with van der Waals surface area (Å²) in [5, 5.41) is 20.3. The third-order valence-electron chi connectivity index (χ3n) is 5.80. The molecule has 2 aromatic carbocycles. The van der Waals surface area contributed by atoms with Crippen LogP contribution < -0.4 is 10.3 Å². The van der Waals surface area contributed by atoms with Gasteiger partial charge >= 0.3 is 0 Å². The summed E-state index contributed by atoms with van der Waals surface area (Å²) < 4.78 is 13.2. The van der Waals surface area contributed by atoms with E-state index in [1.54, 1.807) is 44.3 Å². The van der Waals surface area contributed by atoms with Gasteiger partial charge in [0.15, 0.2) is 0 Å². The fourth-order valence-electron chi connectivity index (χ4n) is 4.01. The van der Waals surface area contributed by atoms with Crippen molar-refractivity contribution in [1.82, 2.24) is 4.57 Å². The van der Waals surface area contributed by atoms with Crippen LogP contribution in [0, 0.1) is 11.3 Å². The molecule has 2 heterocycles. The molecule has 164 valence electrons. The molecule has 6 heteroatoms. The number of nitriles is 1. The van der Waals surface area contributed by atoms with Gasteiger partial charge in [-0.25, -0.2) is 0 Å². The van der Waals surface area contributed by atoms with Crippen LogP contribution in [-0.4, -0.2) is 28.0 Å². The Labute approximate surface area is 187 Å². The first-order chi connectivity index (χ1) is 15.4. The first-order valence-electron chi connectivity index (χ1n) is 10.6. The number of rotatable bonds is 6. The van der Waals surface area contributed by atoms with E-state index in [1.807, 2.05) is 36.4 Å². The molecule has 0 amide bonds. The lowest BCUT2D eigenvalue weighted by molar-refractivity contribution is -0.0642. The molecule has 0 radical (unpaired) electrons. The van der Waals surface area contributed by atoms with Crippen molar-refractivity contribution in [1.29, 1.82) is 5.26 Å². The van der Waals surface area contributed by atoms with Crippen LogP contribution in [0.15, 0.2) is 71.7 Å². The molecule has 32 heavy (non-hydrogen) atoms. The zero-order chi connectivity index (χ0) is 22.7. The summed E-state index contributed by atoms with van der Waals surface area (Å²) in [6.07, 6.45) is 1.34. The maximum Gasteiger partial charge on any atom is 0.251 e. The Kier molecular flexibility index (Phi) is 6.13. The van der Waals surface area contributed by atoms with Crippen molar-refractivity contribution in [2.75, 3.05) is 6.61 Å². The molecule has 2 atom stereocenters. The largest absolute Gasteiger partial charge is 0.485 e. The second kappa shape index (κ2) is 8.99. The molecule has 0 spiro atoms. The minimum atomic E-state index is -0.971. The predicted molar refractivity (Wildman–Crippen MR) is 121 cm³/mol. The van der Waals surface area contributed by atoms with Crippen LogP contribution in [0.3, 0.4) is 0 Å². The van der Waals surface area contributed by atoms with E-state index in [9.17, 15) is 15.2 Å². The van der Waals surface area contributed by atoms with Gasteiger partial charge in [0, 0.05) is 17.8 Å². The van der Waals surface area contributed by atoms with Crippen LogP contribution in [0.2, 0.25) is 0 Å². The molecule has 1 N–H and O–H groups in total. The van der Waals surface area contributed by atoms with Crippen LogP contribution in [0.1, 0.15) is 42.1 Å². The van der Waals surface area contributed by atoms with Crippen molar-refractivity contribution < 1.29 is 14.6 Å². The van der Waals surface area contributed by atoms with E-state index < -0.39 is 17.7 Å². The molecule has 0 bridgehead atoms. The van der Waals surface area contributed by atoms with E-state index in [2.05, 4.69) is 6.07 Å². The molecular weight excluding hydrogens is 404 g/mol. The topological polar surface area (TPSA) is 84.5 Å². The van der Waals surface area contributed by atoms with E-state index in [0.29, 0.717) is 36.5 Å². The van der Waals surface area contributed by atoms with Crippen molar-refractivity contribution in [2.45, 2.75) is 44.6 Å². The molecule has 0 saturated heterocycles. The fourth-order valence-corrected chi connectivity index (χ4v) is 4.01. The Morgan fingerprint density at radius 1 is 1.12 bits per heavy atom. The Morgan fingerprint density at radius 3 is 2.62 bits per heavy atom. The van der Waals surface area contributed by atoms with Gasteiger partial charge in [-0.05, 0) is 55.7 Å². The van der Waals surface area contributed by atoms with Gasteiger partial charge in [-0.2, -0.15) is 5.26 Å². The lowest BCUT2D eigenvalue weighted by atomic mass is 9.85. The molecule has 1 aliphatic rings. The number of hydrogen-bond acceptors (Lipinski definition) is 5. The van der Waals surface area contributed by atoms with Gasteiger partial charge in [0.1, 0.15) is 17.5 Å². The standard InChI is InChI=1S/C26H26N2O4/c1-26(2)25(30)24(21-14-20(16-27)8-9-22(21)32-26)28-12-10-18(15-23(28)29)11-13-31-17-19-6-4-3-5-7-19/h3-10,12,14-15,24-25,30H,11,13,17H2,1-2H3/t24-,25+/m1/s1. The minimum Gasteiger partial charge on any atom is -0.485 e. The first kappa shape index (κ1) is 21.8. The zero-order valence-electron chi connectivity index (χ0n) is 18.2. The summed E-state index contributed by atoms with van der Waals surface area (Å²) in [6, 6.07) is 19.9. The van der Waals surface area contributed by atoms with E-state index in [1.165, 1.54) is 4.57 Å². The fraction of sp³-hybridized carbons (Fsp3) is 0.308. The highest BCUT2D eigenvalue weighted by atomic mass is 16.5. The number of hydrogen-bond donors (Lipinski definition) is 1. The normalized spacial score (nSPS) is 18.9. The van der Waals surface area contributed by atoms with Crippen molar-refractivity contribution in [3.63, 3.8) is 0 Å². The first-order valence-corrected chi connectivity index (χ1v) is 10.6. The Bertz CT molecular complexity index is 1190. The molecular formula is C26H26N2O4. The maximum atomic E-state index is 13.0. The number of aliphatic hydroxyl groups is 1. The number of ether oxygens (including phenoxy) is 2. The van der Waals surface area contributed by atoms with Crippen LogP contribution in [-0.2, 0) is 17.8 Å². The molecule has 1 aliphatic heterocycles. The summed E-state index contributed by atoms with van der Waals surface area (Å²) >= 11 is 0. The smallest absolute Gasteiger partial charge is 0.251 e. The number of fused-ring (bicyclic) bond motifs is 1. The van der Waals surface area contributed by atoms with Crippen LogP contribution in [0.5, 0.6) is 5.75 Å². The molecule has 3 aromatic rings. The van der Waals surface area contributed by atoms with Crippen molar-refractivity contribution in [3.8, 4) is 11.8 Å². The number of nitrogens with zero attached hydrogens (tertiary/aromatic N) is 2. The van der Waals surface area contributed by atoms with Gasteiger partial charge in [-0.15, -0.1) is 0 Å². The molecule has 1 aromatic heterocycles. The summed E-state index contributed by atoms with van der Waals surface area (Å²) in [5.74, 6) is 0.564. The van der Waals surface area contributed by atoms with Gasteiger partial charge in [-0.1, -0.05) is 30.3 Å². The number of aromatic nitrogens is 1. The second-order valence-electron chi connectivity index (χ2n) is 8.53. The van der Waals surface area contributed by atoms with E-state index >= 15 is 0 Å². The maximum absolute atomic E-state index is 13.0. The summed E-state index contributed by atoms with van der Waals surface area (Å²) in [6.45, 7) is 4.60. The molecule has 0 saturated carbocycles. The number of pyridine rings is 1. The van der Waals surface area contributed by atoms with E-state index in [0.717, 1.165) is 11.1 Å². The van der Waals surface area contributed by atoms with Gasteiger partial charge in [0.2, 0.25) is 0 Å². The Balaban J connectivity index is 1.54. The van der Waals surface area contributed by atoms with Crippen molar-refractivity contribution in [2.24, 2.45) is 0 Å².